The molecule has 0 saturated heterocycles. The Balaban J connectivity index is 0.00000897. The first-order valence-corrected chi connectivity index (χ1v) is 35.0. The SMILES string of the molecule is CC(C)(C)c1cc(-c2c3nc(c(-c4cc(C(C)(C)C)cc(C(C)(C)C)c4)c4[n-]c(c(-c5cc(C(C)(C)C)cc(C(C)(C)C)c5)c5nc(c(-c6cc(C(C)(C)C)cc(C(C)(C)C)c6)c6[n-]c2c2ccccc62)-c2ccccc2-5)c2ccccc42)-c2ccccc2-3)cc(C(C)(C)C)c1.[Pt+2]. The standard InChI is InChI=1S/C92H100N4.Pt/c1-85(2,3)57-41-53(42-58(49-57)86(4,5)6)73-77-65-33-25-27-35-67(65)79(93-77)74(54-43-59(87(7,8)9)50-60(44-54)88(10,11)12)81-69-37-29-31-39-71(69)83(95-81)76(56-47-63(91(19,20)21)52-64(48-56)92(22,23)24)84-72-40-32-30-38-70(72)82(96-84)75(80-68-36-28-26-34-66(68)78(73)94-80)55-45-61(89(13,14)15)51-62(46-55)90(16,17)18;/h25-52H,1-24H3;/q-2;+2. The summed E-state index contributed by atoms with van der Waals surface area (Å²) in [6.07, 6.45) is 0. The third-order valence-corrected chi connectivity index (χ3v) is 20.4. The van der Waals surface area contributed by atoms with Crippen molar-refractivity contribution >= 4 is 43.6 Å². The molecule has 0 fully saturated rings. The molecule has 3 aliphatic rings. The van der Waals surface area contributed by atoms with Gasteiger partial charge in [-0.2, -0.15) is 0 Å². The van der Waals surface area contributed by atoms with Gasteiger partial charge in [0, 0.05) is 22.3 Å². The first-order chi connectivity index (χ1) is 44.6. The predicted octanol–water partition coefficient (Wildman–Crippen LogP) is 25.6. The van der Waals surface area contributed by atoms with Crippen molar-refractivity contribution < 1.29 is 21.1 Å². The van der Waals surface area contributed by atoms with Crippen LogP contribution in [-0.2, 0) is 64.4 Å². The number of rotatable bonds is 4. The summed E-state index contributed by atoms with van der Waals surface area (Å²) in [6, 6.07) is 65.3. The molecular weight excluding hydrogens is 1360 g/mol. The predicted molar refractivity (Wildman–Crippen MR) is 414 cm³/mol. The Labute approximate surface area is 593 Å². The van der Waals surface area contributed by atoms with E-state index in [1.165, 1.54) is 44.5 Å². The molecule has 498 valence electrons. The van der Waals surface area contributed by atoms with E-state index in [4.69, 9.17) is 19.9 Å². The van der Waals surface area contributed by atoms with Crippen LogP contribution < -0.4 is 9.97 Å². The fraction of sp³-hybridized carbons (Fsp3) is 0.348. The zero-order valence-electron chi connectivity index (χ0n) is 62.3. The molecule has 0 saturated carbocycles. The van der Waals surface area contributed by atoms with Crippen LogP contribution in [0.25, 0.3) is 133 Å². The largest absolute Gasteiger partial charge is 2.00 e. The maximum absolute atomic E-state index is 6.37. The average Bonchev–Trinajstić information content (AvgIpc) is 1.57. The van der Waals surface area contributed by atoms with Gasteiger partial charge in [0.15, 0.2) is 0 Å². The van der Waals surface area contributed by atoms with Crippen molar-refractivity contribution in [3.8, 4) is 89.5 Å². The van der Waals surface area contributed by atoms with Crippen molar-refractivity contribution in [1.82, 2.24) is 19.9 Å². The number of benzene rings is 8. The maximum atomic E-state index is 6.37. The van der Waals surface area contributed by atoms with Gasteiger partial charge in [0.25, 0.3) is 0 Å². The average molecular weight is 1460 g/mol. The van der Waals surface area contributed by atoms with Crippen LogP contribution in [0.3, 0.4) is 0 Å². The Kier molecular flexibility index (Phi) is 16.8. The van der Waals surface area contributed by atoms with E-state index in [9.17, 15) is 0 Å². The summed E-state index contributed by atoms with van der Waals surface area (Å²) in [6.45, 7) is 56.2. The molecule has 0 spiro atoms. The van der Waals surface area contributed by atoms with E-state index >= 15 is 0 Å². The molecule has 1 aliphatic carbocycles. The van der Waals surface area contributed by atoms with E-state index in [1.807, 2.05) is 0 Å². The molecule has 2 aliphatic heterocycles. The van der Waals surface area contributed by atoms with Crippen molar-refractivity contribution in [2.45, 2.75) is 209 Å². The van der Waals surface area contributed by atoms with Crippen molar-refractivity contribution in [2.75, 3.05) is 0 Å². The van der Waals surface area contributed by atoms with E-state index in [2.05, 4.69) is 336 Å². The Bertz CT molecular complexity index is 4400. The number of hydrogen-bond acceptors (Lipinski definition) is 2. The number of nitrogens with zero attached hydrogens (tertiary/aromatic N) is 4. The zero-order valence-corrected chi connectivity index (χ0v) is 64.5. The molecule has 13 rings (SSSR count). The molecule has 0 amide bonds. The van der Waals surface area contributed by atoms with Gasteiger partial charge in [-0.3, -0.25) is 0 Å². The second-order valence-corrected chi connectivity index (χ2v) is 36.1. The van der Waals surface area contributed by atoms with Gasteiger partial charge in [-0.15, -0.1) is 22.1 Å². The Hall–Kier alpha value is -7.91. The fourth-order valence-electron chi connectivity index (χ4n) is 14.1. The number of hydrogen-bond donors (Lipinski definition) is 0. The summed E-state index contributed by atoms with van der Waals surface area (Å²) < 4.78 is 0. The maximum Gasteiger partial charge on any atom is 2.00 e. The van der Waals surface area contributed by atoms with Gasteiger partial charge in [-0.05, 0) is 154 Å². The van der Waals surface area contributed by atoms with Gasteiger partial charge in [0.05, 0.1) is 22.8 Å². The minimum absolute atomic E-state index is 0. The molecule has 97 heavy (non-hydrogen) atoms. The zero-order chi connectivity index (χ0) is 69.1. The molecule has 0 radical (unpaired) electrons. The second kappa shape index (κ2) is 23.6. The van der Waals surface area contributed by atoms with Gasteiger partial charge in [0.2, 0.25) is 0 Å². The van der Waals surface area contributed by atoms with Gasteiger partial charge in [0.1, 0.15) is 0 Å². The van der Waals surface area contributed by atoms with Gasteiger partial charge in [-0.25, -0.2) is 9.97 Å². The van der Waals surface area contributed by atoms with Crippen LogP contribution in [0.15, 0.2) is 170 Å². The minimum Gasteiger partial charge on any atom is -0.656 e. The molecule has 10 aromatic rings. The summed E-state index contributed by atoms with van der Waals surface area (Å²) in [4.78, 5) is 25.5. The smallest absolute Gasteiger partial charge is 0.656 e. The third kappa shape index (κ3) is 12.5. The molecule has 5 heteroatoms. The summed E-state index contributed by atoms with van der Waals surface area (Å²) in [5.41, 5.74) is 28.2. The van der Waals surface area contributed by atoms with E-state index in [0.29, 0.717) is 0 Å². The topological polar surface area (TPSA) is 54.0 Å². The van der Waals surface area contributed by atoms with Gasteiger partial charge < -0.3 is 9.97 Å². The molecular formula is C92H100N4Pt. The first-order valence-electron chi connectivity index (χ1n) is 35.0. The van der Waals surface area contributed by atoms with Crippen LogP contribution in [-0.4, -0.2) is 9.97 Å². The quantitative estimate of drug-likeness (QED) is 0.176. The molecule has 0 unspecified atom stereocenters. The molecule has 2 aromatic heterocycles. The minimum atomic E-state index is -0.190. The molecule has 8 aromatic carbocycles. The summed E-state index contributed by atoms with van der Waals surface area (Å²) in [7, 11) is 0. The normalized spacial score (nSPS) is 13.3. The van der Waals surface area contributed by atoms with Crippen LogP contribution >= 0.6 is 0 Å². The Morgan fingerprint density at radius 1 is 0.216 bits per heavy atom. The molecule has 0 N–H and O–H groups in total. The van der Waals surface area contributed by atoms with Crippen molar-refractivity contribution in [2.24, 2.45) is 0 Å². The monoisotopic (exact) mass is 1460 g/mol. The van der Waals surface area contributed by atoms with Crippen molar-refractivity contribution in [3.63, 3.8) is 0 Å². The van der Waals surface area contributed by atoms with E-state index in [1.54, 1.807) is 0 Å². The fourth-order valence-corrected chi connectivity index (χ4v) is 14.1. The van der Waals surface area contributed by atoms with Crippen molar-refractivity contribution in [1.29, 1.82) is 0 Å². The second-order valence-electron chi connectivity index (χ2n) is 36.1. The molecule has 4 nitrogen and oxygen atoms in total. The van der Waals surface area contributed by atoms with Crippen LogP contribution in [0.2, 0.25) is 0 Å². The number of aromatic nitrogens is 4. The van der Waals surface area contributed by atoms with Crippen LogP contribution in [0.4, 0.5) is 0 Å². The van der Waals surface area contributed by atoms with E-state index < -0.39 is 0 Å². The van der Waals surface area contributed by atoms with Gasteiger partial charge >= 0.3 is 21.1 Å². The Morgan fingerprint density at radius 3 is 0.526 bits per heavy atom. The van der Waals surface area contributed by atoms with Crippen LogP contribution in [0, 0.1) is 0 Å². The van der Waals surface area contributed by atoms with E-state index in [0.717, 1.165) is 133 Å². The van der Waals surface area contributed by atoms with E-state index in [-0.39, 0.29) is 64.4 Å². The summed E-state index contributed by atoms with van der Waals surface area (Å²) in [5, 5.41) is 4.23. The van der Waals surface area contributed by atoms with Crippen molar-refractivity contribution in [3.05, 3.63) is 214 Å². The Morgan fingerprint density at radius 2 is 0.371 bits per heavy atom. The summed E-state index contributed by atoms with van der Waals surface area (Å²) in [5.74, 6) is 0. The molecule has 0 atom stereocenters. The van der Waals surface area contributed by atoms with Gasteiger partial charge in [-0.1, -0.05) is 336 Å². The van der Waals surface area contributed by atoms with Crippen LogP contribution in [0.1, 0.15) is 211 Å². The molecule has 4 heterocycles. The van der Waals surface area contributed by atoms with Crippen LogP contribution in [0.5, 0.6) is 0 Å². The first kappa shape index (κ1) is 69.0. The third-order valence-electron chi connectivity index (χ3n) is 20.4. The summed E-state index contributed by atoms with van der Waals surface area (Å²) >= 11 is 0. The molecule has 8 bridgehead atoms.